The SMILES string of the molecule is C=CCc1ccc(OOC(C)=O)c(OC)c1. The van der Waals surface area contributed by atoms with Crippen molar-refractivity contribution in [3.63, 3.8) is 0 Å². The van der Waals surface area contributed by atoms with E-state index in [-0.39, 0.29) is 0 Å². The molecule has 0 atom stereocenters. The van der Waals surface area contributed by atoms with E-state index in [2.05, 4.69) is 11.5 Å². The number of ether oxygens (including phenoxy) is 1. The average molecular weight is 222 g/mol. The van der Waals surface area contributed by atoms with E-state index in [1.54, 1.807) is 18.2 Å². The topological polar surface area (TPSA) is 44.8 Å². The lowest BCUT2D eigenvalue weighted by atomic mass is 10.1. The van der Waals surface area contributed by atoms with Crippen molar-refractivity contribution in [2.45, 2.75) is 13.3 Å². The third-order valence-electron chi connectivity index (χ3n) is 1.86. The van der Waals surface area contributed by atoms with Crippen LogP contribution in [0.5, 0.6) is 11.5 Å². The summed E-state index contributed by atoms with van der Waals surface area (Å²) in [5.41, 5.74) is 1.04. The first kappa shape index (κ1) is 12.1. The fourth-order valence-corrected chi connectivity index (χ4v) is 1.18. The van der Waals surface area contributed by atoms with Crippen molar-refractivity contribution < 1.29 is 19.3 Å². The van der Waals surface area contributed by atoms with Crippen LogP contribution in [0, 0.1) is 0 Å². The second kappa shape index (κ2) is 5.80. The Balaban J connectivity index is 2.83. The third kappa shape index (κ3) is 3.31. The lowest BCUT2D eigenvalue weighted by molar-refractivity contribution is -0.211. The van der Waals surface area contributed by atoms with E-state index in [9.17, 15) is 4.79 Å². The molecular formula is C12H14O4. The number of methoxy groups -OCH3 is 1. The monoisotopic (exact) mass is 222 g/mol. The molecule has 0 heterocycles. The quantitative estimate of drug-likeness (QED) is 0.435. The molecular weight excluding hydrogens is 208 g/mol. The molecule has 0 N–H and O–H groups in total. The Morgan fingerprint density at radius 3 is 2.75 bits per heavy atom. The minimum atomic E-state index is -0.516. The lowest BCUT2D eigenvalue weighted by Crippen LogP contribution is -2.04. The maximum Gasteiger partial charge on any atom is 0.352 e. The Bertz CT molecular complexity index is 385. The van der Waals surface area contributed by atoms with E-state index in [0.29, 0.717) is 11.5 Å². The second-order valence-electron chi connectivity index (χ2n) is 3.14. The Morgan fingerprint density at radius 2 is 2.19 bits per heavy atom. The molecule has 1 aromatic rings. The Labute approximate surface area is 94.4 Å². The zero-order valence-electron chi connectivity index (χ0n) is 9.36. The highest BCUT2D eigenvalue weighted by Gasteiger charge is 2.07. The molecule has 0 saturated carbocycles. The Hall–Kier alpha value is -1.97. The summed E-state index contributed by atoms with van der Waals surface area (Å²) in [6.07, 6.45) is 2.53. The van der Waals surface area contributed by atoms with Gasteiger partial charge in [-0.3, -0.25) is 9.78 Å². The molecule has 4 heteroatoms. The predicted octanol–water partition coefficient (Wildman–Crippen LogP) is 2.28. The molecule has 4 nitrogen and oxygen atoms in total. The van der Waals surface area contributed by atoms with E-state index in [0.717, 1.165) is 12.0 Å². The standard InChI is InChI=1S/C12H14O4/c1-4-5-10-6-7-11(12(8-10)14-3)16-15-9(2)13/h4,6-8H,1,5H2,2-3H3. The number of hydrogen-bond acceptors (Lipinski definition) is 4. The van der Waals surface area contributed by atoms with Crippen molar-refractivity contribution in [1.82, 2.24) is 0 Å². The summed E-state index contributed by atoms with van der Waals surface area (Å²) in [5, 5.41) is 0. The molecule has 0 amide bonds. The largest absolute Gasteiger partial charge is 0.493 e. The highest BCUT2D eigenvalue weighted by Crippen LogP contribution is 2.28. The van der Waals surface area contributed by atoms with Gasteiger partial charge >= 0.3 is 5.97 Å². The van der Waals surface area contributed by atoms with Gasteiger partial charge in [-0.15, -0.1) is 6.58 Å². The summed E-state index contributed by atoms with van der Waals surface area (Å²) in [6.45, 7) is 4.91. The second-order valence-corrected chi connectivity index (χ2v) is 3.14. The number of allylic oxidation sites excluding steroid dienone is 1. The van der Waals surface area contributed by atoms with E-state index in [1.165, 1.54) is 14.0 Å². The van der Waals surface area contributed by atoms with Crippen LogP contribution in [0.4, 0.5) is 0 Å². The third-order valence-corrected chi connectivity index (χ3v) is 1.86. The summed E-state index contributed by atoms with van der Waals surface area (Å²) in [5.74, 6) is 0.364. The number of carbonyl (C=O) groups excluding carboxylic acids is 1. The molecule has 0 bridgehead atoms. The van der Waals surface area contributed by atoms with Crippen LogP contribution in [0.2, 0.25) is 0 Å². The van der Waals surface area contributed by atoms with E-state index >= 15 is 0 Å². The van der Waals surface area contributed by atoms with E-state index in [4.69, 9.17) is 9.62 Å². The highest BCUT2D eigenvalue weighted by molar-refractivity contribution is 5.65. The molecule has 0 fully saturated rings. The molecule has 1 aromatic carbocycles. The minimum absolute atomic E-state index is 0.366. The Morgan fingerprint density at radius 1 is 1.44 bits per heavy atom. The van der Waals surface area contributed by atoms with Gasteiger partial charge in [-0.05, 0) is 24.1 Å². The van der Waals surface area contributed by atoms with Crippen molar-refractivity contribution in [3.05, 3.63) is 36.4 Å². The van der Waals surface area contributed by atoms with Gasteiger partial charge in [0.1, 0.15) is 0 Å². The van der Waals surface area contributed by atoms with Crippen molar-refractivity contribution in [2.75, 3.05) is 7.11 Å². The van der Waals surface area contributed by atoms with Crippen LogP contribution in [0.3, 0.4) is 0 Å². The van der Waals surface area contributed by atoms with Crippen LogP contribution in [0.1, 0.15) is 12.5 Å². The average Bonchev–Trinajstić information content (AvgIpc) is 2.27. The molecule has 0 aliphatic carbocycles. The highest BCUT2D eigenvalue weighted by atomic mass is 17.2. The van der Waals surface area contributed by atoms with Crippen LogP contribution in [-0.4, -0.2) is 13.1 Å². The molecule has 16 heavy (non-hydrogen) atoms. The number of carbonyl (C=O) groups is 1. The van der Waals surface area contributed by atoms with Gasteiger partial charge in [-0.25, -0.2) is 4.79 Å². The first-order valence-electron chi connectivity index (χ1n) is 4.80. The summed E-state index contributed by atoms with van der Waals surface area (Å²) >= 11 is 0. The van der Waals surface area contributed by atoms with Crippen LogP contribution in [0.15, 0.2) is 30.9 Å². The van der Waals surface area contributed by atoms with Gasteiger partial charge in [0, 0.05) is 6.92 Å². The maximum absolute atomic E-state index is 10.6. The molecule has 0 aliphatic heterocycles. The smallest absolute Gasteiger partial charge is 0.352 e. The minimum Gasteiger partial charge on any atom is -0.493 e. The van der Waals surface area contributed by atoms with Gasteiger partial charge in [0.05, 0.1) is 7.11 Å². The summed E-state index contributed by atoms with van der Waals surface area (Å²) < 4.78 is 5.11. The van der Waals surface area contributed by atoms with Crippen LogP contribution >= 0.6 is 0 Å². The van der Waals surface area contributed by atoms with Crippen molar-refractivity contribution in [1.29, 1.82) is 0 Å². The summed E-state index contributed by atoms with van der Waals surface area (Å²) in [6, 6.07) is 5.34. The molecule has 0 saturated heterocycles. The Kier molecular flexibility index (Phi) is 4.39. The van der Waals surface area contributed by atoms with Crippen LogP contribution in [0.25, 0.3) is 0 Å². The first-order chi connectivity index (χ1) is 7.67. The van der Waals surface area contributed by atoms with Gasteiger partial charge in [-0.2, -0.15) is 0 Å². The molecule has 0 unspecified atom stereocenters. The summed E-state index contributed by atoms with van der Waals surface area (Å²) in [7, 11) is 1.52. The zero-order valence-corrected chi connectivity index (χ0v) is 9.36. The van der Waals surface area contributed by atoms with Crippen molar-refractivity contribution in [2.24, 2.45) is 0 Å². The van der Waals surface area contributed by atoms with E-state index in [1.807, 2.05) is 6.07 Å². The lowest BCUT2D eigenvalue weighted by Gasteiger charge is -2.08. The van der Waals surface area contributed by atoms with Crippen molar-refractivity contribution in [3.8, 4) is 11.5 Å². The molecule has 0 aromatic heterocycles. The fourth-order valence-electron chi connectivity index (χ4n) is 1.18. The van der Waals surface area contributed by atoms with Crippen molar-refractivity contribution >= 4 is 5.97 Å². The molecule has 0 spiro atoms. The van der Waals surface area contributed by atoms with Crippen LogP contribution < -0.4 is 9.62 Å². The first-order valence-corrected chi connectivity index (χ1v) is 4.80. The molecule has 86 valence electrons. The van der Waals surface area contributed by atoms with Gasteiger partial charge in [0.2, 0.25) is 5.75 Å². The van der Waals surface area contributed by atoms with E-state index < -0.39 is 5.97 Å². The predicted molar refractivity (Wildman–Crippen MR) is 59.3 cm³/mol. The molecule has 1 rings (SSSR count). The fraction of sp³-hybridized carbons (Fsp3) is 0.250. The number of hydrogen-bond donors (Lipinski definition) is 0. The number of benzene rings is 1. The normalized spacial score (nSPS) is 9.38. The summed E-state index contributed by atoms with van der Waals surface area (Å²) in [4.78, 5) is 19.8. The number of rotatable bonds is 5. The molecule has 0 radical (unpaired) electrons. The maximum atomic E-state index is 10.6. The van der Waals surface area contributed by atoms with Gasteiger partial charge in [0.25, 0.3) is 0 Å². The zero-order chi connectivity index (χ0) is 12.0. The van der Waals surface area contributed by atoms with Gasteiger partial charge < -0.3 is 4.74 Å². The van der Waals surface area contributed by atoms with Gasteiger partial charge in [-0.1, -0.05) is 12.1 Å². The van der Waals surface area contributed by atoms with Crippen LogP contribution in [-0.2, 0) is 16.1 Å². The molecule has 0 aliphatic rings. The van der Waals surface area contributed by atoms with Gasteiger partial charge in [0.15, 0.2) is 5.75 Å².